The van der Waals surface area contributed by atoms with Crippen molar-refractivity contribution in [2.24, 2.45) is 0 Å². The van der Waals surface area contributed by atoms with Crippen LogP contribution in [0.4, 0.5) is 0 Å². The Morgan fingerprint density at radius 1 is 1.35 bits per heavy atom. The van der Waals surface area contributed by atoms with Crippen LogP contribution >= 0.6 is 27.7 Å². The first-order chi connectivity index (χ1) is 12.6. The van der Waals surface area contributed by atoms with Gasteiger partial charge in [-0.1, -0.05) is 34.1 Å². The summed E-state index contributed by atoms with van der Waals surface area (Å²) in [6.07, 6.45) is 0. The summed E-state index contributed by atoms with van der Waals surface area (Å²) in [6.45, 7) is -0.183. The highest BCUT2D eigenvalue weighted by molar-refractivity contribution is 9.09. The molecule has 0 saturated carbocycles. The Balaban J connectivity index is 1.62. The van der Waals surface area contributed by atoms with Gasteiger partial charge in [0.2, 0.25) is 0 Å². The third-order valence-electron chi connectivity index (χ3n) is 4.02. The third kappa shape index (κ3) is 3.59. The molecule has 0 spiro atoms. The molecule has 0 radical (unpaired) electrons. The predicted octanol–water partition coefficient (Wildman–Crippen LogP) is 1.29. The number of alkyl halides is 1. The van der Waals surface area contributed by atoms with E-state index in [-0.39, 0.29) is 29.5 Å². The topological polar surface area (TPSA) is 84.9 Å². The van der Waals surface area contributed by atoms with Crippen LogP contribution in [0.15, 0.2) is 41.6 Å². The van der Waals surface area contributed by atoms with Gasteiger partial charge in [0.1, 0.15) is 22.9 Å². The summed E-state index contributed by atoms with van der Waals surface area (Å²) < 4.78 is 10.2. The number of nitrogens with one attached hydrogen (secondary N) is 1. The lowest BCUT2D eigenvalue weighted by atomic mass is 10.0. The molecule has 1 N–H and O–H groups in total. The predicted molar refractivity (Wildman–Crippen MR) is 99.8 cm³/mol. The van der Waals surface area contributed by atoms with Crippen molar-refractivity contribution in [3.63, 3.8) is 0 Å². The average Bonchev–Trinajstić information content (AvgIpc) is 2.69. The number of thioether (sulfide) groups is 1. The monoisotopic (exact) mass is 440 g/mol. The molecule has 1 fully saturated rings. The number of β-lactam (4-membered cyclic amide) rings is 1. The molecule has 0 bridgehead atoms. The highest BCUT2D eigenvalue weighted by atomic mass is 79.9. The summed E-state index contributed by atoms with van der Waals surface area (Å²) in [5.41, 5.74) is 1.06. The number of carbonyl (C=O) groups excluding carboxylic acids is 3. The molecular weight excluding hydrogens is 424 g/mol. The smallest absolute Gasteiger partial charge is 0.354 e. The Morgan fingerprint density at radius 3 is 2.73 bits per heavy atom. The van der Waals surface area contributed by atoms with E-state index in [2.05, 4.69) is 21.2 Å². The van der Waals surface area contributed by atoms with E-state index >= 15 is 0 Å². The fourth-order valence-electron chi connectivity index (χ4n) is 2.75. The van der Waals surface area contributed by atoms with E-state index in [9.17, 15) is 14.4 Å². The van der Waals surface area contributed by atoms with Crippen molar-refractivity contribution in [1.82, 2.24) is 10.2 Å². The quantitative estimate of drug-likeness (QED) is 0.407. The van der Waals surface area contributed by atoms with Gasteiger partial charge in [0.15, 0.2) is 6.61 Å². The zero-order valence-electron chi connectivity index (χ0n) is 13.9. The summed E-state index contributed by atoms with van der Waals surface area (Å²) in [5, 5.41) is 2.84. The van der Waals surface area contributed by atoms with E-state index in [1.54, 1.807) is 24.3 Å². The maximum atomic E-state index is 12.5. The number of amides is 2. The van der Waals surface area contributed by atoms with Gasteiger partial charge < -0.3 is 14.8 Å². The average molecular weight is 441 g/mol. The lowest BCUT2D eigenvalue weighted by Crippen LogP contribution is -2.71. The van der Waals surface area contributed by atoms with Gasteiger partial charge in [-0.15, -0.1) is 11.8 Å². The highest BCUT2D eigenvalue weighted by Gasteiger charge is 2.54. The standard InChI is InChI=1S/C17H17BrN2O5S/c1-24-17(23)14-10(7-18)9-26-16-13(15(22)20(14)16)19-12(21)8-25-11-5-3-2-4-6-11/h2-6,13,16H,7-9H2,1H3,(H,19,21)/t13?,16-/m1/s1. The highest BCUT2D eigenvalue weighted by Crippen LogP contribution is 2.40. The summed E-state index contributed by atoms with van der Waals surface area (Å²) >= 11 is 4.83. The number of methoxy groups -OCH3 is 1. The molecule has 1 unspecified atom stereocenters. The molecule has 2 atom stereocenters. The molecule has 9 heteroatoms. The van der Waals surface area contributed by atoms with Crippen molar-refractivity contribution in [3.8, 4) is 5.75 Å². The number of hydrogen-bond acceptors (Lipinski definition) is 6. The minimum Gasteiger partial charge on any atom is -0.484 e. The summed E-state index contributed by atoms with van der Waals surface area (Å²) in [4.78, 5) is 38.1. The Morgan fingerprint density at radius 2 is 2.08 bits per heavy atom. The van der Waals surface area contributed by atoms with Crippen LogP contribution < -0.4 is 10.1 Å². The fraction of sp³-hybridized carbons (Fsp3) is 0.353. The number of ether oxygens (including phenoxy) is 2. The minimum absolute atomic E-state index is 0.183. The second-order valence-corrected chi connectivity index (χ2v) is 7.30. The number of fused-ring (bicyclic) bond motifs is 1. The molecule has 0 aliphatic carbocycles. The van der Waals surface area contributed by atoms with Gasteiger partial charge in [-0.2, -0.15) is 0 Å². The number of halogens is 1. The van der Waals surface area contributed by atoms with E-state index in [1.165, 1.54) is 23.8 Å². The van der Waals surface area contributed by atoms with Crippen LogP contribution in [0.5, 0.6) is 5.75 Å². The van der Waals surface area contributed by atoms with E-state index < -0.39 is 12.0 Å². The molecule has 0 aromatic heterocycles. The maximum absolute atomic E-state index is 12.5. The van der Waals surface area contributed by atoms with Crippen LogP contribution in [0.3, 0.4) is 0 Å². The SMILES string of the molecule is COC(=O)C1=C(CBr)CS[C@@H]2C(NC(=O)COc3ccccc3)C(=O)N12. The summed E-state index contributed by atoms with van der Waals surface area (Å²) in [7, 11) is 1.28. The molecule has 26 heavy (non-hydrogen) atoms. The van der Waals surface area contributed by atoms with Crippen LogP contribution in [0.1, 0.15) is 0 Å². The van der Waals surface area contributed by atoms with Crippen LogP contribution in [-0.4, -0.2) is 58.9 Å². The Labute approximate surface area is 163 Å². The molecule has 7 nitrogen and oxygen atoms in total. The zero-order valence-corrected chi connectivity index (χ0v) is 16.3. The van der Waals surface area contributed by atoms with Crippen LogP contribution in [0.25, 0.3) is 0 Å². The van der Waals surface area contributed by atoms with Crippen molar-refractivity contribution in [2.45, 2.75) is 11.4 Å². The molecular formula is C17H17BrN2O5S. The second kappa shape index (κ2) is 8.13. The normalized spacial score (nSPS) is 21.6. The van der Waals surface area contributed by atoms with Gasteiger partial charge in [0.25, 0.3) is 11.8 Å². The zero-order chi connectivity index (χ0) is 18.7. The van der Waals surface area contributed by atoms with Crippen molar-refractivity contribution < 1.29 is 23.9 Å². The van der Waals surface area contributed by atoms with Gasteiger partial charge in [0.05, 0.1) is 7.11 Å². The molecule has 2 aliphatic heterocycles. The Bertz CT molecular complexity index is 755. The largest absolute Gasteiger partial charge is 0.484 e. The minimum atomic E-state index is -0.677. The Hall–Kier alpha value is -2.00. The third-order valence-corrected chi connectivity index (χ3v) is 6.03. The molecule has 1 aromatic carbocycles. The number of nitrogens with zero attached hydrogens (tertiary/aromatic N) is 1. The first-order valence-corrected chi connectivity index (χ1v) is 10.0. The number of carbonyl (C=O) groups is 3. The second-order valence-electron chi connectivity index (χ2n) is 5.63. The van der Waals surface area contributed by atoms with Crippen LogP contribution in [0, 0.1) is 0 Å². The number of esters is 1. The molecule has 2 amide bonds. The molecule has 2 aliphatic rings. The van der Waals surface area contributed by atoms with E-state index in [1.807, 2.05) is 6.07 Å². The fourth-order valence-corrected chi connectivity index (χ4v) is 4.82. The molecule has 3 rings (SSSR count). The lowest BCUT2D eigenvalue weighted by Gasteiger charge is -2.49. The van der Waals surface area contributed by atoms with E-state index in [0.717, 1.165) is 5.57 Å². The Kier molecular flexibility index (Phi) is 5.87. The number of hydrogen-bond donors (Lipinski definition) is 1. The van der Waals surface area contributed by atoms with Crippen molar-refractivity contribution in [3.05, 3.63) is 41.6 Å². The van der Waals surface area contributed by atoms with Crippen LogP contribution in [-0.2, 0) is 19.1 Å². The van der Waals surface area contributed by atoms with Gasteiger partial charge in [-0.25, -0.2) is 4.79 Å². The van der Waals surface area contributed by atoms with E-state index in [0.29, 0.717) is 16.8 Å². The van der Waals surface area contributed by atoms with Crippen LogP contribution in [0.2, 0.25) is 0 Å². The van der Waals surface area contributed by atoms with E-state index in [4.69, 9.17) is 9.47 Å². The van der Waals surface area contributed by atoms with Crippen molar-refractivity contribution >= 4 is 45.5 Å². The summed E-state index contributed by atoms with van der Waals surface area (Å²) in [6, 6.07) is 8.28. The van der Waals surface area contributed by atoms with Gasteiger partial charge in [0, 0.05) is 11.1 Å². The first kappa shape index (κ1) is 18.8. The van der Waals surface area contributed by atoms with Crippen molar-refractivity contribution in [2.75, 3.05) is 24.8 Å². The first-order valence-electron chi connectivity index (χ1n) is 7.85. The van der Waals surface area contributed by atoms with Crippen molar-refractivity contribution in [1.29, 1.82) is 0 Å². The lowest BCUT2D eigenvalue weighted by molar-refractivity contribution is -0.152. The number of para-hydroxylation sites is 1. The number of rotatable bonds is 6. The molecule has 1 aromatic rings. The van der Waals surface area contributed by atoms with Gasteiger partial charge >= 0.3 is 5.97 Å². The summed E-state index contributed by atoms with van der Waals surface area (Å²) in [5.74, 6) is -0.0994. The molecule has 2 heterocycles. The molecule has 138 valence electrons. The van der Waals surface area contributed by atoms with Gasteiger partial charge in [-0.3, -0.25) is 14.5 Å². The molecule has 1 saturated heterocycles. The number of benzene rings is 1. The maximum Gasteiger partial charge on any atom is 0.354 e. The van der Waals surface area contributed by atoms with Gasteiger partial charge in [-0.05, 0) is 17.7 Å².